The molecule has 1 aliphatic carbocycles. The van der Waals surface area contributed by atoms with Gasteiger partial charge in [0.2, 0.25) is 0 Å². The molecule has 18 heavy (non-hydrogen) atoms. The van der Waals surface area contributed by atoms with Crippen LogP contribution in [0.3, 0.4) is 0 Å². The fourth-order valence-electron chi connectivity index (χ4n) is 2.19. The molecule has 0 saturated heterocycles. The molecule has 1 heterocycles. The van der Waals surface area contributed by atoms with Crippen molar-refractivity contribution in [3.63, 3.8) is 0 Å². The van der Waals surface area contributed by atoms with E-state index in [1.54, 1.807) is 6.07 Å². The average Bonchev–Trinajstić information content (AvgIpc) is 2.26. The Hall–Kier alpha value is -1.36. The molecular weight excluding hydrogens is 228 g/mol. The topological polar surface area (TPSA) is 73.1 Å². The van der Waals surface area contributed by atoms with Crippen molar-refractivity contribution in [3.8, 4) is 0 Å². The van der Waals surface area contributed by atoms with E-state index in [1.165, 1.54) is 0 Å². The van der Waals surface area contributed by atoms with E-state index in [0.29, 0.717) is 18.0 Å². The highest BCUT2D eigenvalue weighted by molar-refractivity contribution is 5.45. The van der Waals surface area contributed by atoms with E-state index in [0.717, 1.165) is 43.9 Å². The molecule has 1 fully saturated rings. The second-order valence-corrected chi connectivity index (χ2v) is 4.73. The van der Waals surface area contributed by atoms with Gasteiger partial charge in [0.25, 0.3) is 0 Å². The summed E-state index contributed by atoms with van der Waals surface area (Å²) in [6.45, 7) is 4.93. The van der Waals surface area contributed by atoms with Crippen molar-refractivity contribution in [2.24, 2.45) is 0 Å². The lowest BCUT2D eigenvalue weighted by atomic mass is 9.89. The number of nitrogens with zero attached hydrogens (tertiary/aromatic N) is 2. The fraction of sp³-hybridized carbons (Fsp3) is 0.692. The summed E-state index contributed by atoms with van der Waals surface area (Å²) in [6.07, 6.45) is 4.38. The molecule has 5 heteroatoms. The summed E-state index contributed by atoms with van der Waals surface area (Å²) in [5.41, 5.74) is 5.78. The van der Waals surface area contributed by atoms with Crippen LogP contribution in [0.25, 0.3) is 0 Å². The predicted octanol–water partition coefficient (Wildman–Crippen LogP) is 1.99. The summed E-state index contributed by atoms with van der Waals surface area (Å²) in [4.78, 5) is 8.69. The van der Waals surface area contributed by atoms with E-state index < -0.39 is 0 Å². The van der Waals surface area contributed by atoms with Gasteiger partial charge in [-0.1, -0.05) is 6.92 Å². The quantitative estimate of drug-likeness (QED) is 0.807. The fourth-order valence-corrected chi connectivity index (χ4v) is 2.19. The molecule has 0 spiro atoms. The van der Waals surface area contributed by atoms with Gasteiger partial charge in [-0.2, -0.15) is 0 Å². The van der Waals surface area contributed by atoms with Gasteiger partial charge in [-0.05, 0) is 26.2 Å². The minimum atomic E-state index is 0.404. The lowest BCUT2D eigenvalue weighted by Gasteiger charge is -2.35. The third kappa shape index (κ3) is 3.32. The molecule has 0 aromatic carbocycles. The van der Waals surface area contributed by atoms with Crippen molar-refractivity contribution in [1.29, 1.82) is 0 Å². The molecule has 0 radical (unpaired) electrons. The number of anilines is 2. The zero-order valence-corrected chi connectivity index (χ0v) is 11.1. The molecule has 0 amide bonds. The molecule has 5 nitrogen and oxygen atoms in total. The Bertz CT molecular complexity index is 391. The van der Waals surface area contributed by atoms with Gasteiger partial charge in [-0.3, -0.25) is 0 Å². The van der Waals surface area contributed by atoms with E-state index in [1.807, 2.05) is 6.92 Å². The Balaban J connectivity index is 1.90. The van der Waals surface area contributed by atoms with Crippen molar-refractivity contribution in [3.05, 3.63) is 11.9 Å². The van der Waals surface area contributed by atoms with Crippen LogP contribution in [0.2, 0.25) is 0 Å². The predicted molar refractivity (Wildman–Crippen MR) is 72.5 cm³/mol. The third-order valence-electron chi connectivity index (χ3n) is 3.12. The Labute approximate surface area is 108 Å². The van der Waals surface area contributed by atoms with Gasteiger partial charge in [0, 0.05) is 25.1 Å². The van der Waals surface area contributed by atoms with Crippen molar-refractivity contribution >= 4 is 11.6 Å². The number of hydrogen-bond donors (Lipinski definition) is 2. The smallest absolute Gasteiger partial charge is 0.133 e. The van der Waals surface area contributed by atoms with E-state index in [2.05, 4.69) is 22.2 Å². The minimum absolute atomic E-state index is 0.404. The van der Waals surface area contributed by atoms with Crippen LogP contribution in [0, 0.1) is 0 Å². The molecule has 1 aromatic heterocycles. The molecule has 0 bridgehead atoms. The van der Waals surface area contributed by atoms with Gasteiger partial charge >= 0.3 is 0 Å². The van der Waals surface area contributed by atoms with Gasteiger partial charge < -0.3 is 15.8 Å². The average molecular weight is 250 g/mol. The summed E-state index contributed by atoms with van der Waals surface area (Å²) in [7, 11) is 0. The molecule has 1 aromatic rings. The first kappa shape index (κ1) is 13.1. The minimum Gasteiger partial charge on any atom is -0.384 e. The van der Waals surface area contributed by atoms with E-state index in [9.17, 15) is 0 Å². The Morgan fingerprint density at radius 1 is 1.39 bits per heavy atom. The standard InChI is InChI=1S/C13H22N4O/c1-3-5-12-16-11(14)8-13(17-12)15-9-6-10(7-9)18-4-2/h8-10H,3-7H2,1-2H3,(H3,14,15,16,17). The summed E-state index contributed by atoms with van der Waals surface area (Å²) >= 11 is 0. The maximum atomic E-state index is 5.78. The van der Waals surface area contributed by atoms with Crippen LogP contribution < -0.4 is 11.1 Å². The highest BCUT2D eigenvalue weighted by Gasteiger charge is 2.29. The molecule has 1 aliphatic rings. The van der Waals surface area contributed by atoms with Crippen LogP contribution in [0.15, 0.2) is 6.07 Å². The monoisotopic (exact) mass is 250 g/mol. The third-order valence-corrected chi connectivity index (χ3v) is 3.12. The highest BCUT2D eigenvalue weighted by atomic mass is 16.5. The van der Waals surface area contributed by atoms with Crippen molar-refractivity contribution in [2.45, 2.75) is 51.7 Å². The maximum Gasteiger partial charge on any atom is 0.133 e. The molecule has 0 atom stereocenters. The molecule has 2 rings (SSSR count). The maximum absolute atomic E-state index is 5.78. The first-order chi connectivity index (χ1) is 8.71. The summed E-state index contributed by atoms with van der Waals surface area (Å²) in [6, 6.07) is 2.25. The van der Waals surface area contributed by atoms with Gasteiger partial charge in [0.15, 0.2) is 0 Å². The highest BCUT2D eigenvalue weighted by Crippen LogP contribution is 2.26. The lowest BCUT2D eigenvalue weighted by molar-refractivity contribution is 0.00292. The number of rotatable bonds is 6. The first-order valence-corrected chi connectivity index (χ1v) is 6.72. The number of aryl methyl sites for hydroxylation is 1. The molecule has 0 aliphatic heterocycles. The first-order valence-electron chi connectivity index (χ1n) is 6.72. The van der Waals surface area contributed by atoms with Crippen LogP contribution in [-0.4, -0.2) is 28.7 Å². The molecular formula is C13H22N4O. The number of nitrogens with two attached hydrogens (primary N) is 1. The normalized spacial score (nSPS) is 22.6. The number of aromatic nitrogens is 2. The van der Waals surface area contributed by atoms with Crippen molar-refractivity contribution < 1.29 is 4.74 Å². The number of nitrogen functional groups attached to an aromatic ring is 1. The Morgan fingerprint density at radius 2 is 2.17 bits per heavy atom. The molecule has 0 unspecified atom stereocenters. The van der Waals surface area contributed by atoms with E-state index in [-0.39, 0.29) is 0 Å². The van der Waals surface area contributed by atoms with E-state index >= 15 is 0 Å². The van der Waals surface area contributed by atoms with Gasteiger partial charge in [-0.25, -0.2) is 9.97 Å². The zero-order chi connectivity index (χ0) is 13.0. The SMILES string of the molecule is CCCc1nc(N)cc(NC2CC(OCC)C2)n1. The van der Waals surface area contributed by atoms with Gasteiger partial charge in [-0.15, -0.1) is 0 Å². The largest absolute Gasteiger partial charge is 0.384 e. The van der Waals surface area contributed by atoms with Crippen LogP contribution in [0.1, 0.15) is 38.9 Å². The summed E-state index contributed by atoms with van der Waals surface area (Å²) in [5.74, 6) is 2.20. The van der Waals surface area contributed by atoms with Crippen molar-refractivity contribution in [2.75, 3.05) is 17.7 Å². The van der Waals surface area contributed by atoms with Gasteiger partial charge in [0.1, 0.15) is 17.5 Å². The van der Waals surface area contributed by atoms with Crippen LogP contribution in [0.4, 0.5) is 11.6 Å². The van der Waals surface area contributed by atoms with Gasteiger partial charge in [0.05, 0.1) is 6.10 Å². The van der Waals surface area contributed by atoms with E-state index in [4.69, 9.17) is 10.5 Å². The molecule has 1 saturated carbocycles. The Kier molecular flexibility index (Phi) is 4.36. The zero-order valence-electron chi connectivity index (χ0n) is 11.1. The summed E-state index contributed by atoms with van der Waals surface area (Å²) in [5, 5.41) is 3.40. The number of hydrogen-bond acceptors (Lipinski definition) is 5. The lowest BCUT2D eigenvalue weighted by Crippen LogP contribution is -2.41. The number of ether oxygens (including phenoxy) is 1. The second-order valence-electron chi connectivity index (χ2n) is 4.73. The molecule has 100 valence electrons. The van der Waals surface area contributed by atoms with Crippen LogP contribution in [-0.2, 0) is 11.2 Å². The Morgan fingerprint density at radius 3 is 2.83 bits per heavy atom. The van der Waals surface area contributed by atoms with Crippen LogP contribution in [0.5, 0.6) is 0 Å². The summed E-state index contributed by atoms with van der Waals surface area (Å²) < 4.78 is 5.53. The molecule has 3 N–H and O–H groups in total. The second kappa shape index (κ2) is 6.00. The van der Waals surface area contributed by atoms with Crippen molar-refractivity contribution in [1.82, 2.24) is 9.97 Å². The number of nitrogens with one attached hydrogen (secondary N) is 1. The van der Waals surface area contributed by atoms with Crippen LogP contribution >= 0.6 is 0 Å².